The molecule has 1 aliphatic heterocycles. The van der Waals surface area contributed by atoms with E-state index in [0.29, 0.717) is 16.7 Å². The molecule has 0 unspecified atom stereocenters. The molecule has 0 bridgehead atoms. The average Bonchev–Trinajstić information content (AvgIpc) is 2.60. The molecule has 0 aromatic heterocycles. The van der Waals surface area contributed by atoms with E-state index in [4.69, 9.17) is 0 Å². The van der Waals surface area contributed by atoms with Crippen molar-refractivity contribution in [3.05, 3.63) is 29.8 Å². The van der Waals surface area contributed by atoms with Crippen molar-refractivity contribution in [1.29, 1.82) is 0 Å². The second-order valence-corrected chi connectivity index (χ2v) is 7.81. The van der Waals surface area contributed by atoms with Gasteiger partial charge in [0, 0.05) is 24.2 Å². The molecule has 1 saturated heterocycles. The molecule has 1 aliphatic carbocycles. The molecule has 1 heterocycles. The summed E-state index contributed by atoms with van der Waals surface area (Å²) in [5.41, 5.74) is 1.88. The first-order valence-corrected chi connectivity index (χ1v) is 9.33. The molecular weight excluding hydrogens is 314 g/mol. The number of hydrogen-bond donors (Lipinski definition) is 2. The van der Waals surface area contributed by atoms with Gasteiger partial charge in [-0.1, -0.05) is 0 Å². The number of nitrogens with zero attached hydrogens (tertiary/aromatic N) is 1. The highest BCUT2D eigenvalue weighted by Crippen LogP contribution is 2.44. The number of rotatable bonds is 3. The van der Waals surface area contributed by atoms with E-state index in [0.717, 1.165) is 12.8 Å². The van der Waals surface area contributed by atoms with E-state index in [1.54, 1.807) is 24.3 Å². The third-order valence-corrected chi connectivity index (χ3v) is 5.90. The molecule has 2 amide bonds. The van der Waals surface area contributed by atoms with Crippen LogP contribution in [-0.4, -0.2) is 42.9 Å². The predicted molar refractivity (Wildman–Crippen MR) is 99.6 cm³/mol. The van der Waals surface area contributed by atoms with E-state index in [-0.39, 0.29) is 17.9 Å². The first-order valence-electron chi connectivity index (χ1n) is 9.33. The van der Waals surface area contributed by atoms with E-state index < -0.39 is 0 Å². The Morgan fingerprint density at radius 2 is 1.64 bits per heavy atom. The molecule has 5 heteroatoms. The molecule has 1 saturated carbocycles. The van der Waals surface area contributed by atoms with E-state index in [9.17, 15) is 9.59 Å². The topological polar surface area (TPSA) is 61.4 Å². The van der Waals surface area contributed by atoms with Crippen LogP contribution in [0.5, 0.6) is 0 Å². The standard InChI is InChI=1S/C20H29N3O2/c1-15(24)21-17-5-3-16(4-6-17)19(25)22-18-7-9-20(10-8-18)11-13-23(2)14-12-20/h3-6,18H,7-14H2,1-2H3,(H,21,24)(H,22,25). The molecule has 2 N–H and O–H groups in total. The van der Waals surface area contributed by atoms with Crippen molar-refractivity contribution in [2.24, 2.45) is 5.41 Å². The van der Waals surface area contributed by atoms with Crippen LogP contribution in [0.2, 0.25) is 0 Å². The molecule has 0 radical (unpaired) electrons. The Morgan fingerprint density at radius 1 is 1.04 bits per heavy atom. The number of carbonyl (C=O) groups is 2. The van der Waals surface area contributed by atoms with Crippen LogP contribution < -0.4 is 10.6 Å². The van der Waals surface area contributed by atoms with E-state index in [2.05, 4.69) is 22.6 Å². The number of amides is 2. The van der Waals surface area contributed by atoms with Gasteiger partial charge in [-0.05, 0) is 88.3 Å². The smallest absolute Gasteiger partial charge is 0.251 e. The highest BCUT2D eigenvalue weighted by atomic mass is 16.2. The maximum Gasteiger partial charge on any atom is 0.251 e. The van der Waals surface area contributed by atoms with Gasteiger partial charge in [0.05, 0.1) is 0 Å². The average molecular weight is 343 g/mol. The number of nitrogens with one attached hydrogen (secondary N) is 2. The molecule has 0 atom stereocenters. The van der Waals surface area contributed by atoms with Gasteiger partial charge in [0.1, 0.15) is 0 Å². The van der Waals surface area contributed by atoms with Gasteiger partial charge in [-0.25, -0.2) is 0 Å². The molecule has 3 rings (SSSR count). The zero-order valence-electron chi connectivity index (χ0n) is 15.3. The first kappa shape index (κ1) is 17.9. The van der Waals surface area contributed by atoms with E-state index >= 15 is 0 Å². The Bertz CT molecular complexity index is 608. The van der Waals surface area contributed by atoms with Gasteiger partial charge in [-0.2, -0.15) is 0 Å². The van der Waals surface area contributed by atoms with Crippen LogP contribution in [0.3, 0.4) is 0 Å². The van der Waals surface area contributed by atoms with Crippen molar-refractivity contribution < 1.29 is 9.59 Å². The van der Waals surface area contributed by atoms with Crippen LogP contribution in [-0.2, 0) is 4.79 Å². The highest BCUT2D eigenvalue weighted by Gasteiger charge is 2.37. The fourth-order valence-corrected chi connectivity index (χ4v) is 4.14. The molecule has 5 nitrogen and oxygen atoms in total. The molecular formula is C20H29N3O2. The minimum atomic E-state index is -0.109. The Labute approximate surface area is 150 Å². The quantitative estimate of drug-likeness (QED) is 0.887. The molecule has 2 aliphatic rings. The third kappa shape index (κ3) is 4.60. The summed E-state index contributed by atoms with van der Waals surface area (Å²) in [4.78, 5) is 25.9. The second kappa shape index (κ2) is 7.56. The summed E-state index contributed by atoms with van der Waals surface area (Å²) in [6.45, 7) is 3.89. The van der Waals surface area contributed by atoms with Gasteiger partial charge in [0.25, 0.3) is 5.91 Å². The summed E-state index contributed by atoms with van der Waals surface area (Å²) in [5, 5.41) is 5.90. The minimum absolute atomic E-state index is 0.0151. The zero-order chi connectivity index (χ0) is 17.9. The van der Waals surface area contributed by atoms with E-state index in [1.165, 1.54) is 45.7 Å². The number of hydrogen-bond acceptors (Lipinski definition) is 3. The number of piperidine rings is 1. The highest BCUT2D eigenvalue weighted by molar-refractivity contribution is 5.95. The minimum Gasteiger partial charge on any atom is -0.349 e. The fourth-order valence-electron chi connectivity index (χ4n) is 4.14. The Hall–Kier alpha value is -1.88. The number of carbonyl (C=O) groups excluding carboxylic acids is 2. The lowest BCUT2D eigenvalue weighted by Gasteiger charge is -2.45. The zero-order valence-corrected chi connectivity index (χ0v) is 15.3. The van der Waals surface area contributed by atoms with Gasteiger partial charge in [-0.3, -0.25) is 9.59 Å². The summed E-state index contributed by atoms with van der Waals surface area (Å²) < 4.78 is 0. The van der Waals surface area contributed by atoms with Crippen LogP contribution in [0.15, 0.2) is 24.3 Å². The van der Waals surface area contributed by atoms with Crippen LogP contribution >= 0.6 is 0 Å². The molecule has 1 spiro atoms. The van der Waals surface area contributed by atoms with Crippen LogP contribution in [0.25, 0.3) is 0 Å². The Balaban J connectivity index is 1.50. The third-order valence-electron chi connectivity index (χ3n) is 5.90. The van der Waals surface area contributed by atoms with Gasteiger partial charge in [-0.15, -0.1) is 0 Å². The summed E-state index contributed by atoms with van der Waals surface area (Å²) in [6, 6.07) is 7.35. The lowest BCUT2D eigenvalue weighted by atomic mass is 9.67. The SMILES string of the molecule is CC(=O)Nc1ccc(C(=O)NC2CCC3(CC2)CCN(C)CC3)cc1. The van der Waals surface area contributed by atoms with Gasteiger partial charge >= 0.3 is 0 Å². The lowest BCUT2D eigenvalue weighted by molar-refractivity contribution is -0.114. The Kier molecular flexibility index (Phi) is 5.42. The van der Waals surface area contributed by atoms with Crippen molar-refractivity contribution in [2.75, 3.05) is 25.5 Å². The molecule has 1 aromatic carbocycles. The van der Waals surface area contributed by atoms with Crippen molar-refractivity contribution in [3.63, 3.8) is 0 Å². The fraction of sp³-hybridized carbons (Fsp3) is 0.600. The predicted octanol–water partition coefficient (Wildman–Crippen LogP) is 3.03. The monoisotopic (exact) mass is 343 g/mol. The number of benzene rings is 1. The normalized spacial score (nSPS) is 21.0. The summed E-state index contributed by atoms with van der Waals surface area (Å²) in [5.74, 6) is -0.124. The van der Waals surface area contributed by atoms with Crippen LogP contribution in [0.1, 0.15) is 55.8 Å². The molecule has 1 aromatic rings. The molecule has 25 heavy (non-hydrogen) atoms. The summed E-state index contributed by atoms with van der Waals surface area (Å²) in [7, 11) is 2.20. The first-order chi connectivity index (χ1) is 12.0. The maximum atomic E-state index is 12.5. The molecule has 2 fully saturated rings. The maximum absolute atomic E-state index is 12.5. The van der Waals surface area contributed by atoms with Crippen LogP contribution in [0, 0.1) is 5.41 Å². The van der Waals surface area contributed by atoms with Gasteiger partial charge in [0.2, 0.25) is 5.91 Å². The van der Waals surface area contributed by atoms with Crippen molar-refractivity contribution >= 4 is 17.5 Å². The largest absolute Gasteiger partial charge is 0.349 e. The summed E-state index contributed by atoms with van der Waals surface area (Å²) >= 11 is 0. The number of anilines is 1. The lowest BCUT2D eigenvalue weighted by Crippen LogP contribution is -2.44. The van der Waals surface area contributed by atoms with Crippen molar-refractivity contribution in [3.8, 4) is 0 Å². The van der Waals surface area contributed by atoms with Crippen molar-refractivity contribution in [1.82, 2.24) is 10.2 Å². The second-order valence-electron chi connectivity index (χ2n) is 7.81. The summed E-state index contributed by atoms with van der Waals surface area (Å²) in [6.07, 6.45) is 7.23. The van der Waals surface area contributed by atoms with E-state index in [1.807, 2.05) is 0 Å². The van der Waals surface area contributed by atoms with Gasteiger partial charge in [0.15, 0.2) is 0 Å². The van der Waals surface area contributed by atoms with Crippen LogP contribution in [0.4, 0.5) is 5.69 Å². The number of likely N-dealkylation sites (tertiary alicyclic amines) is 1. The van der Waals surface area contributed by atoms with Gasteiger partial charge < -0.3 is 15.5 Å². The van der Waals surface area contributed by atoms with Crippen molar-refractivity contribution in [2.45, 2.75) is 51.5 Å². The molecule has 136 valence electrons. The Morgan fingerprint density at radius 3 is 2.20 bits per heavy atom.